The van der Waals surface area contributed by atoms with Crippen LogP contribution in [0.3, 0.4) is 0 Å². The van der Waals surface area contributed by atoms with Crippen LogP contribution in [0, 0.1) is 5.82 Å². The minimum atomic E-state index is -4.04. The summed E-state index contributed by atoms with van der Waals surface area (Å²) in [5.41, 5.74) is 0.407. The fourth-order valence-corrected chi connectivity index (χ4v) is 4.34. The van der Waals surface area contributed by atoms with Gasteiger partial charge in [-0.2, -0.15) is 0 Å². The summed E-state index contributed by atoms with van der Waals surface area (Å²) in [6.45, 7) is -0.0846. The molecule has 0 aliphatic heterocycles. The number of nitrogens with zero attached hydrogens (tertiary/aromatic N) is 4. The van der Waals surface area contributed by atoms with Gasteiger partial charge in [0.15, 0.2) is 5.82 Å². The predicted octanol–water partition coefficient (Wildman–Crippen LogP) is 1.57. The summed E-state index contributed by atoms with van der Waals surface area (Å²) in [5, 5.41) is 4.39. The first kappa shape index (κ1) is 20.2. The number of hydrogen-bond donors (Lipinski definition) is 1. The molecule has 1 N–H and O–H groups in total. The predicted molar refractivity (Wildman–Crippen MR) is 106 cm³/mol. The number of hydrogen-bond acceptors (Lipinski definition) is 6. The first-order valence-corrected chi connectivity index (χ1v) is 10.8. The number of rotatable bonds is 8. The molecule has 1 saturated carbocycles. The Kier molecular flexibility index (Phi) is 5.39. The number of sulfonamides is 1. The summed E-state index contributed by atoms with van der Waals surface area (Å²) < 4.78 is 48.9. The lowest BCUT2D eigenvalue weighted by Crippen LogP contribution is -2.32. The molecule has 1 fully saturated rings. The van der Waals surface area contributed by atoms with Crippen LogP contribution >= 0.6 is 0 Å². The summed E-state index contributed by atoms with van der Waals surface area (Å²) in [6.07, 6.45) is 5.05. The topological polar surface area (TPSA) is 108 Å². The second-order valence-electron chi connectivity index (χ2n) is 6.87. The Morgan fingerprint density at radius 2 is 2.10 bits per heavy atom. The van der Waals surface area contributed by atoms with E-state index in [0.29, 0.717) is 11.4 Å². The molecule has 2 heterocycles. The van der Waals surface area contributed by atoms with Gasteiger partial charge in [-0.25, -0.2) is 27.0 Å². The maximum atomic E-state index is 13.5. The number of methoxy groups -OCH3 is 1. The molecule has 0 spiro atoms. The fourth-order valence-electron chi connectivity index (χ4n) is 3.14. The van der Waals surface area contributed by atoms with Crippen molar-refractivity contribution in [1.82, 2.24) is 24.1 Å². The van der Waals surface area contributed by atoms with Crippen LogP contribution in [0.4, 0.5) is 4.39 Å². The first-order chi connectivity index (χ1) is 14.4. The van der Waals surface area contributed by atoms with Gasteiger partial charge >= 0.3 is 5.69 Å². The van der Waals surface area contributed by atoms with Gasteiger partial charge in [0.1, 0.15) is 16.5 Å². The van der Waals surface area contributed by atoms with Gasteiger partial charge in [0.05, 0.1) is 13.7 Å². The van der Waals surface area contributed by atoms with Gasteiger partial charge < -0.3 is 4.74 Å². The minimum absolute atomic E-state index is 0.0165. The summed E-state index contributed by atoms with van der Waals surface area (Å²) in [4.78, 5) is 16.6. The van der Waals surface area contributed by atoms with Gasteiger partial charge in [-0.1, -0.05) is 0 Å². The van der Waals surface area contributed by atoms with Crippen LogP contribution in [0.1, 0.15) is 18.9 Å². The highest BCUT2D eigenvalue weighted by atomic mass is 32.2. The summed E-state index contributed by atoms with van der Waals surface area (Å²) in [7, 11) is -2.74. The van der Waals surface area contributed by atoms with Gasteiger partial charge in [0, 0.05) is 30.5 Å². The van der Waals surface area contributed by atoms with E-state index in [2.05, 4.69) is 14.8 Å². The quantitative estimate of drug-likeness (QED) is 0.578. The highest BCUT2D eigenvalue weighted by molar-refractivity contribution is 7.89. The van der Waals surface area contributed by atoms with E-state index in [-0.39, 0.29) is 35.5 Å². The number of halogens is 1. The van der Waals surface area contributed by atoms with Gasteiger partial charge in [0.25, 0.3) is 0 Å². The molecule has 0 radical (unpaired) electrons. The molecule has 11 heteroatoms. The van der Waals surface area contributed by atoms with Crippen LogP contribution in [0.2, 0.25) is 0 Å². The molecule has 9 nitrogen and oxygen atoms in total. The summed E-state index contributed by atoms with van der Waals surface area (Å²) >= 11 is 0. The van der Waals surface area contributed by atoms with E-state index in [9.17, 15) is 17.6 Å². The average molecular weight is 433 g/mol. The molecule has 0 saturated heterocycles. The van der Waals surface area contributed by atoms with Crippen molar-refractivity contribution in [1.29, 1.82) is 0 Å². The smallest absolute Gasteiger partial charge is 0.346 e. The van der Waals surface area contributed by atoms with E-state index in [1.165, 1.54) is 17.9 Å². The Balaban J connectivity index is 1.55. The van der Waals surface area contributed by atoms with E-state index in [1.54, 1.807) is 23.0 Å². The van der Waals surface area contributed by atoms with Gasteiger partial charge in [-0.05, 0) is 43.2 Å². The maximum absolute atomic E-state index is 13.5. The Bertz CT molecular complexity index is 1220. The second-order valence-corrected chi connectivity index (χ2v) is 8.60. The van der Waals surface area contributed by atoms with Crippen molar-refractivity contribution >= 4 is 10.0 Å². The molecule has 1 aliphatic carbocycles. The number of benzene rings is 1. The molecule has 1 aliphatic rings. The van der Waals surface area contributed by atoms with Crippen LogP contribution in [-0.4, -0.2) is 41.4 Å². The maximum Gasteiger partial charge on any atom is 0.346 e. The molecule has 3 aromatic rings. The van der Waals surface area contributed by atoms with E-state index in [4.69, 9.17) is 4.74 Å². The van der Waals surface area contributed by atoms with Crippen LogP contribution in [0.15, 0.2) is 52.4 Å². The molecular formula is C19H20FN5O4S. The average Bonchev–Trinajstić information content (AvgIpc) is 3.52. The number of nitrogens with one attached hydrogen (secondary N) is 1. The number of pyridine rings is 1. The van der Waals surface area contributed by atoms with Crippen molar-refractivity contribution in [2.45, 2.75) is 30.3 Å². The van der Waals surface area contributed by atoms with Crippen molar-refractivity contribution < 1.29 is 17.5 Å². The molecule has 30 heavy (non-hydrogen) atoms. The standard InChI is InChI=1S/C19H20FN5O4S/c1-29-16-7-4-14(20)11-17(16)30(27,28)22-9-10-24-19(26)25(15-5-6-15)18(23-24)13-3-2-8-21-12-13/h2-4,7-8,11-12,15,22H,5-6,9-10H2,1H3. The Hall–Kier alpha value is -3.05. The van der Waals surface area contributed by atoms with E-state index in [1.807, 2.05) is 6.07 Å². The summed E-state index contributed by atoms with van der Waals surface area (Å²) in [5.74, 6) is -0.167. The Labute approximate surface area is 172 Å². The van der Waals surface area contributed by atoms with E-state index < -0.39 is 15.8 Å². The van der Waals surface area contributed by atoms with Crippen molar-refractivity contribution in [2.75, 3.05) is 13.7 Å². The lowest BCUT2D eigenvalue weighted by Gasteiger charge is -2.10. The molecule has 1 aromatic carbocycles. The largest absolute Gasteiger partial charge is 0.495 e. The monoisotopic (exact) mass is 433 g/mol. The second kappa shape index (κ2) is 8.00. The zero-order chi connectivity index (χ0) is 21.3. The van der Waals surface area contributed by atoms with Crippen LogP contribution in [-0.2, 0) is 16.6 Å². The molecule has 0 unspecified atom stereocenters. The van der Waals surface area contributed by atoms with E-state index >= 15 is 0 Å². The Morgan fingerprint density at radius 1 is 1.30 bits per heavy atom. The first-order valence-electron chi connectivity index (χ1n) is 9.33. The molecule has 158 valence electrons. The third kappa shape index (κ3) is 3.98. The van der Waals surface area contributed by atoms with E-state index in [0.717, 1.165) is 25.0 Å². The van der Waals surface area contributed by atoms with Gasteiger partial charge in [0.2, 0.25) is 10.0 Å². The molecule has 0 bridgehead atoms. The number of ether oxygens (including phenoxy) is 1. The van der Waals surface area contributed by atoms with Crippen molar-refractivity contribution in [3.05, 3.63) is 59.0 Å². The van der Waals surface area contributed by atoms with Crippen molar-refractivity contribution in [3.63, 3.8) is 0 Å². The normalized spacial score (nSPS) is 14.1. The zero-order valence-electron chi connectivity index (χ0n) is 16.2. The van der Waals surface area contributed by atoms with Crippen molar-refractivity contribution in [2.24, 2.45) is 0 Å². The zero-order valence-corrected chi connectivity index (χ0v) is 17.0. The lowest BCUT2D eigenvalue weighted by molar-refractivity contribution is 0.400. The third-order valence-electron chi connectivity index (χ3n) is 4.73. The summed E-state index contributed by atoms with van der Waals surface area (Å²) in [6, 6.07) is 6.91. The number of aromatic nitrogens is 4. The molecular weight excluding hydrogens is 413 g/mol. The van der Waals surface area contributed by atoms with Crippen molar-refractivity contribution in [3.8, 4) is 17.1 Å². The molecule has 4 rings (SSSR count). The highest BCUT2D eigenvalue weighted by Crippen LogP contribution is 2.36. The molecule has 2 aromatic heterocycles. The fraction of sp³-hybridized carbons (Fsp3) is 0.316. The van der Waals surface area contributed by atoms with Crippen LogP contribution in [0.5, 0.6) is 5.75 Å². The van der Waals surface area contributed by atoms with Crippen LogP contribution in [0.25, 0.3) is 11.4 Å². The van der Waals surface area contributed by atoms with Gasteiger partial charge in [-0.15, -0.1) is 5.10 Å². The Morgan fingerprint density at radius 3 is 2.77 bits per heavy atom. The molecule has 0 atom stereocenters. The van der Waals surface area contributed by atoms with Crippen LogP contribution < -0.4 is 15.1 Å². The minimum Gasteiger partial charge on any atom is -0.495 e. The third-order valence-corrected chi connectivity index (χ3v) is 6.22. The lowest BCUT2D eigenvalue weighted by atomic mass is 10.3. The SMILES string of the molecule is COc1ccc(F)cc1S(=O)(=O)NCCn1nc(-c2cccnc2)n(C2CC2)c1=O. The highest BCUT2D eigenvalue weighted by Gasteiger charge is 2.30. The van der Waals surface area contributed by atoms with Gasteiger partial charge in [-0.3, -0.25) is 9.55 Å². The molecule has 0 amide bonds.